The second-order valence-corrected chi connectivity index (χ2v) is 4.09. The van der Waals surface area contributed by atoms with Gasteiger partial charge in [0.15, 0.2) is 0 Å². The molecule has 2 fully saturated rings. The molecule has 0 saturated heterocycles. The van der Waals surface area contributed by atoms with Crippen LogP contribution >= 0.6 is 0 Å². The number of rotatable bonds is 1. The topological polar surface area (TPSA) is 37.3 Å². The van der Waals surface area contributed by atoms with Gasteiger partial charge in [0.2, 0.25) is 0 Å². The molecule has 1 N–H and O–H groups in total. The third kappa shape index (κ3) is 0.959. The molecule has 0 radical (unpaired) electrons. The van der Waals surface area contributed by atoms with Crippen molar-refractivity contribution in [3.8, 4) is 0 Å². The first-order valence-electron chi connectivity index (χ1n) is 4.46. The van der Waals surface area contributed by atoms with Crippen LogP contribution in [0.4, 0.5) is 0 Å². The van der Waals surface area contributed by atoms with Crippen molar-refractivity contribution in [2.45, 2.75) is 38.5 Å². The summed E-state index contributed by atoms with van der Waals surface area (Å²) in [6.07, 6.45) is 6.40. The third-order valence-corrected chi connectivity index (χ3v) is 3.43. The zero-order chi connectivity index (χ0) is 7.90. The van der Waals surface area contributed by atoms with Gasteiger partial charge in [0, 0.05) is 0 Å². The Kier molecular flexibility index (Phi) is 1.44. The Bertz CT molecular complexity index is 184. The normalized spacial score (nSPS) is 42.4. The van der Waals surface area contributed by atoms with Crippen molar-refractivity contribution < 1.29 is 9.90 Å². The summed E-state index contributed by atoms with van der Waals surface area (Å²) in [5.74, 6) is 0.194. The highest BCUT2D eigenvalue weighted by molar-refractivity contribution is 5.75. The van der Waals surface area contributed by atoms with Crippen LogP contribution in [0, 0.1) is 11.3 Å². The van der Waals surface area contributed by atoms with Crippen LogP contribution in [0.5, 0.6) is 0 Å². The fourth-order valence-corrected chi connectivity index (χ4v) is 2.74. The van der Waals surface area contributed by atoms with Crippen LogP contribution in [-0.2, 0) is 4.79 Å². The Balaban J connectivity index is 2.19. The summed E-state index contributed by atoms with van der Waals surface area (Å²) < 4.78 is 0. The van der Waals surface area contributed by atoms with Crippen LogP contribution in [0.15, 0.2) is 0 Å². The minimum Gasteiger partial charge on any atom is -0.481 e. The highest BCUT2D eigenvalue weighted by Crippen LogP contribution is 2.51. The number of carbonyl (C=O) groups is 1. The third-order valence-electron chi connectivity index (χ3n) is 3.43. The van der Waals surface area contributed by atoms with Gasteiger partial charge < -0.3 is 5.11 Å². The molecule has 2 saturated carbocycles. The number of hydrogen-bond acceptors (Lipinski definition) is 1. The summed E-state index contributed by atoms with van der Waals surface area (Å²) in [6, 6.07) is 0. The molecule has 2 bridgehead atoms. The van der Waals surface area contributed by atoms with Crippen molar-refractivity contribution in [2.75, 3.05) is 0 Å². The molecule has 62 valence electrons. The van der Waals surface area contributed by atoms with Crippen molar-refractivity contribution in [1.29, 1.82) is 0 Å². The molecule has 0 amide bonds. The molecule has 0 aromatic rings. The monoisotopic (exact) mass is 154 g/mol. The molecule has 0 aliphatic heterocycles. The van der Waals surface area contributed by atoms with E-state index in [0.29, 0.717) is 0 Å². The SMILES string of the molecule is O=C(O)[C@@]12CCC[C@@H](CC1)C2. The number of fused-ring (bicyclic) bond motifs is 2. The van der Waals surface area contributed by atoms with Gasteiger partial charge in [-0.25, -0.2) is 0 Å². The molecule has 2 atom stereocenters. The van der Waals surface area contributed by atoms with E-state index in [9.17, 15) is 4.79 Å². The van der Waals surface area contributed by atoms with Gasteiger partial charge in [-0.1, -0.05) is 12.8 Å². The van der Waals surface area contributed by atoms with Gasteiger partial charge in [0.05, 0.1) is 5.41 Å². The van der Waals surface area contributed by atoms with E-state index in [1.807, 2.05) is 0 Å². The van der Waals surface area contributed by atoms with Crippen molar-refractivity contribution in [2.24, 2.45) is 11.3 Å². The fraction of sp³-hybridized carbons (Fsp3) is 0.889. The Labute approximate surface area is 66.6 Å². The predicted molar refractivity (Wildman–Crippen MR) is 41.3 cm³/mol. The minimum atomic E-state index is -0.542. The molecule has 2 heteroatoms. The van der Waals surface area contributed by atoms with Crippen molar-refractivity contribution in [3.05, 3.63) is 0 Å². The summed E-state index contributed by atoms with van der Waals surface area (Å²) in [5, 5.41) is 9.02. The molecule has 0 heterocycles. The Morgan fingerprint density at radius 3 is 2.82 bits per heavy atom. The molecule has 11 heavy (non-hydrogen) atoms. The smallest absolute Gasteiger partial charge is 0.309 e. The van der Waals surface area contributed by atoms with Crippen LogP contribution in [0.1, 0.15) is 38.5 Å². The average molecular weight is 154 g/mol. The summed E-state index contributed by atoms with van der Waals surface area (Å²) in [6.45, 7) is 0. The lowest BCUT2D eigenvalue weighted by molar-refractivity contribution is -0.150. The van der Waals surface area contributed by atoms with Gasteiger partial charge in [0.1, 0.15) is 0 Å². The van der Waals surface area contributed by atoms with Gasteiger partial charge >= 0.3 is 5.97 Å². The fourth-order valence-electron chi connectivity index (χ4n) is 2.74. The molecule has 0 aromatic heterocycles. The van der Waals surface area contributed by atoms with Crippen LogP contribution in [0.2, 0.25) is 0 Å². The predicted octanol–water partition coefficient (Wildman–Crippen LogP) is 2.04. The van der Waals surface area contributed by atoms with E-state index >= 15 is 0 Å². The van der Waals surface area contributed by atoms with Gasteiger partial charge in [-0.3, -0.25) is 4.79 Å². The molecular weight excluding hydrogens is 140 g/mol. The second kappa shape index (κ2) is 2.23. The zero-order valence-corrected chi connectivity index (χ0v) is 6.68. The lowest BCUT2D eigenvalue weighted by Gasteiger charge is -2.28. The molecule has 2 rings (SSSR count). The lowest BCUT2D eigenvalue weighted by Crippen LogP contribution is -2.30. The maximum absolute atomic E-state index is 10.9. The minimum absolute atomic E-state index is 0.289. The molecule has 2 nitrogen and oxygen atoms in total. The van der Waals surface area contributed by atoms with E-state index in [0.717, 1.165) is 38.0 Å². The van der Waals surface area contributed by atoms with Crippen LogP contribution in [-0.4, -0.2) is 11.1 Å². The summed E-state index contributed by atoms with van der Waals surface area (Å²) in [4.78, 5) is 10.9. The maximum Gasteiger partial charge on any atom is 0.309 e. The van der Waals surface area contributed by atoms with Gasteiger partial charge in [-0.2, -0.15) is 0 Å². The van der Waals surface area contributed by atoms with E-state index in [1.54, 1.807) is 0 Å². The van der Waals surface area contributed by atoms with E-state index in [-0.39, 0.29) is 5.41 Å². The van der Waals surface area contributed by atoms with Gasteiger partial charge in [-0.15, -0.1) is 0 Å². The molecule has 2 aliphatic rings. The number of carboxylic acid groups (broad SMARTS) is 1. The van der Waals surface area contributed by atoms with Gasteiger partial charge in [0.25, 0.3) is 0 Å². The van der Waals surface area contributed by atoms with E-state index < -0.39 is 5.97 Å². The van der Waals surface area contributed by atoms with Crippen molar-refractivity contribution in [3.63, 3.8) is 0 Å². The Morgan fingerprint density at radius 2 is 2.18 bits per heavy atom. The van der Waals surface area contributed by atoms with Crippen LogP contribution < -0.4 is 0 Å². The quantitative estimate of drug-likeness (QED) is 0.627. The Hall–Kier alpha value is -0.530. The maximum atomic E-state index is 10.9. The number of carboxylic acids is 1. The summed E-state index contributed by atoms with van der Waals surface area (Å²) >= 11 is 0. The average Bonchev–Trinajstić information content (AvgIpc) is 2.29. The molecule has 2 aliphatic carbocycles. The second-order valence-electron chi connectivity index (χ2n) is 4.09. The van der Waals surface area contributed by atoms with Crippen LogP contribution in [0.25, 0.3) is 0 Å². The molecule has 0 unspecified atom stereocenters. The van der Waals surface area contributed by atoms with E-state index in [2.05, 4.69) is 0 Å². The highest BCUT2D eigenvalue weighted by Gasteiger charge is 2.47. The lowest BCUT2D eigenvalue weighted by atomic mass is 9.76. The van der Waals surface area contributed by atoms with Crippen molar-refractivity contribution in [1.82, 2.24) is 0 Å². The summed E-state index contributed by atoms with van der Waals surface area (Å²) in [7, 11) is 0. The first-order valence-corrected chi connectivity index (χ1v) is 4.46. The van der Waals surface area contributed by atoms with E-state index in [4.69, 9.17) is 5.11 Å². The molecular formula is C9H14O2. The van der Waals surface area contributed by atoms with E-state index in [1.165, 1.54) is 6.42 Å². The first-order chi connectivity index (χ1) is 5.23. The largest absolute Gasteiger partial charge is 0.481 e. The summed E-state index contributed by atoms with van der Waals surface area (Å²) in [5.41, 5.74) is -0.289. The first kappa shape index (κ1) is 7.14. The Morgan fingerprint density at radius 1 is 1.36 bits per heavy atom. The van der Waals surface area contributed by atoms with Crippen molar-refractivity contribution >= 4 is 5.97 Å². The highest BCUT2D eigenvalue weighted by atomic mass is 16.4. The zero-order valence-electron chi connectivity index (χ0n) is 6.68. The van der Waals surface area contributed by atoms with Gasteiger partial charge in [-0.05, 0) is 31.6 Å². The van der Waals surface area contributed by atoms with Crippen LogP contribution in [0.3, 0.4) is 0 Å². The number of aliphatic carboxylic acids is 1. The molecule has 0 aromatic carbocycles. The standard InChI is InChI=1S/C9H14O2/c10-8(11)9-4-1-2-7(6-9)3-5-9/h7H,1-6H2,(H,10,11)/t7-,9-/m0/s1. The number of hydrogen-bond donors (Lipinski definition) is 1. The molecule has 0 spiro atoms.